The number of carbonyl (C=O) groups is 2. The smallest absolute Gasteiger partial charge is 0.267 e. The molecule has 2 aliphatic rings. The summed E-state index contributed by atoms with van der Waals surface area (Å²) >= 11 is 6.01. The van der Waals surface area contributed by atoms with Crippen LogP contribution < -0.4 is 5.73 Å². The summed E-state index contributed by atoms with van der Waals surface area (Å²) in [7, 11) is 0. The van der Waals surface area contributed by atoms with E-state index >= 15 is 0 Å². The number of piperidine rings is 1. The van der Waals surface area contributed by atoms with Crippen molar-refractivity contribution < 1.29 is 14.0 Å². The van der Waals surface area contributed by atoms with Crippen molar-refractivity contribution in [3.8, 4) is 0 Å². The van der Waals surface area contributed by atoms with Crippen molar-refractivity contribution in [3.05, 3.63) is 99.6 Å². The Morgan fingerprint density at radius 1 is 0.872 bits per heavy atom. The number of rotatable bonds is 7. The van der Waals surface area contributed by atoms with E-state index in [1.54, 1.807) is 12.1 Å². The van der Waals surface area contributed by atoms with Crippen LogP contribution in [0.5, 0.6) is 0 Å². The molecule has 2 N–H and O–H groups in total. The maximum absolute atomic E-state index is 13.4. The zero-order chi connectivity index (χ0) is 27.4. The molecule has 0 aliphatic carbocycles. The average molecular weight is 550 g/mol. The second-order valence-electron chi connectivity index (χ2n) is 10.4. The minimum absolute atomic E-state index is 0.0821. The van der Waals surface area contributed by atoms with Crippen LogP contribution in [0.2, 0.25) is 5.02 Å². The number of benzene rings is 2. The number of carbonyl (C=O) groups excluding carboxylic acids is 2. The van der Waals surface area contributed by atoms with Gasteiger partial charge in [-0.3, -0.25) is 19.4 Å². The van der Waals surface area contributed by atoms with Gasteiger partial charge in [0, 0.05) is 50.5 Å². The van der Waals surface area contributed by atoms with Gasteiger partial charge in [-0.25, -0.2) is 9.37 Å². The summed E-state index contributed by atoms with van der Waals surface area (Å²) in [4.78, 5) is 36.4. The molecule has 9 heteroatoms. The number of hydrogen-bond acceptors (Lipinski definition) is 5. The number of nitrogens with two attached hydrogens (primary N) is 1. The lowest BCUT2D eigenvalue weighted by molar-refractivity contribution is 0.0627. The molecule has 0 spiro atoms. The summed E-state index contributed by atoms with van der Waals surface area (Å²) in [5.41, 5.74) is 9.45. The molecular weight excluding hydrogens is 517 g/mol. The predicted octanol–water partition coefficient (Wildman–Crippen LogP) is 4.31. The maximum atomic E-state index is 13.4. The average Bonchev–Trinajstić information content (AvgIpc) is 2.95. The first-order chi connectivity index (χ1) is 18.9. The van der Waals surface area contributed by atoms with Crippen molar-refractivity contribution in [1.82, 2.24) is 19.7 Å². The molecule has 0 radical (unpaired) electrons. The van der Waals surface area contributed by atoms with E-state index < -0.39 is 5.91 Å². The van der Waals surface area contributed by atoms with Gasteiger partial charge in [0.2, 0.25) is 0 Å². The third kappa shape index (κ3) is 6.82. The Labute approximate surface area is 233 Å². The normalized spacial score (nSPS) is 17.3. The van der Waals surface area contributed by atoms with Crippen LogP contribution in [0, 0.1) is 5.82 Å². The van der Waals surface area contributed by atoms with Crippen LogP contribution in [-0.2, 0) is 13.1 Å². The molecule has 204 valence electrons. The van der Waals surface area contributed by atoms with Crippen molar-refractivity contribution in [2.24, 2.45) is 5.73 Å². The number of halogens is 2. The fourth-order valence-corrected chi connectivity index (χ4v) is 5.63. The molecule has 7 nitrogen and oxygen atoms in total. The SMILES string of the molecule is NC(=O)c1ncc(C(=O)N2CCN(Cc3ccc(F)cc3)CC2)cc1C1CCN(Cc2ccc(Cl)cc2)CC1. The molecule has 0 unspecified atom stereocenters. The number of amides is 2. The fraction of sp³-hybridized carbons (Fsp3) is 0.367. The monoisotopic (exact) mass is 549 g/mol. The Morgan fingerprint density at radius 2 is 1.44 bits per heavy atom. The Balaban J connectivity index is 1.21. The summed E-state index contributed by atoms with van der Waals surface area (Å²) in [6.45, 7) is 5.96. The minimum Gasteiger partial charge on any atom is -0.364 e. The first kappa shape index (κ1) is 27.2. The summed E-state index contributed by atoms with van der Waals surface area (Å²) in [5, 5.41) is 0.727. The topological polar surface area (TPSA) is 82.8 Å². The number of likely N-dealkylation sites (tertiary alicyclic amines) is 1. The van der Waals surface area contributed by atoms with Crippen molar-refractivity contribution in [3.63, 3.8) is 0 Å². The van der Waals surface area contributed by atoms with Gasteiger partial charge >= 0.3 is 0 Å². The summed E-state index contributed by atoms with van der Waals surface area (Å²) in [5.74, 6) is -0.779. The molecule has 3 aromatic rings. The zero-order valence-corrected chi connectivity index (χ0v) is 22.6. The highest BCUT2D eigenvalue weighted by molar-refractivity contribution is 6.30. The van der Waals surface area contributed by atoms with Gasteiger partial charge < -0.3 is 10.6 Å². The molecule has 2 fully saturated rings. The summed E-state index contributed by atoms with van der Waals surface area (Å²) in [6.07, 6.45) is 3.19. The largest absolute Gasteiger partial charge is 0.364 e. The number of primary amides is 1. The van der Waals surface area contributed by atoms with E-state index in [2.05, 4.69) is 14.8 Å². The van der Waals surface area contributed by atoms with Crippen molar-refractivity contribution in [1.29, 1.82) is 0 Å². The number of hydrogen-bond donors (Lipinski definition) is 1. The van der Waals surface area contributed by atoms with Crippen molar-refractivity contribution >= 4 is 23.4 Å². The van der Waals surface area contributed by atoms with Gasteiger partial charge in [0.1, 0.15) is 11.5 Å². The summed E-state index contributed by atoms with van der Waals surface area (Å²) in [6, 6.07) is 16.3. The molecule has 2 amide bonds. The molecule has 2 saturated heterocycles. The Kier molecular flexibility index (Phi) is 8.55. The number of piperazine rings is 1. The van der Waals surface area contributed by atoms with E-state index in [0.717, 1.165) is 68.3 Å². The second-order valence-corrected chi connectivity index (χ2v) is 10.8. The van der Waals surface area contributed by atoms with Crippen LogP contribution in [0.4, 0.5) is 4.39 Å². The lowest BCUT2D eigenvalue weighted by atomic mass is 9.87. The van der Waals surface area contributed by atoms with E-state index in [9.17, 15) is 14.0 Å². The summed E-state index contributed by atoms with van der Waals surface area (Å²) < 4.78 is 13.2. The van der Waals surface area contributed by atoms with Crippen LogP contribution in [0.1, 0.15) is 56.3 Å². The van der Waals surface area contributed by atoms with E-state index in [1.165, 1.54) is 23.9 Å². The van der Waals surface area contributed by atoms with Gasteiger partial charge in [-0.1, -0.05) is 35.9 Å². The molecule has 0 atom stereocenters. The fourth-order valence-electron chi connectivity index (χ4n) is 5.51. The third-order valence-electron chi connectivity index (χ3n) is 7.72. The standard InChI is InChI=1S/C30H33ClFN5O2/c31-25-5-1-21(2-6-25)19-35-11-9-23(10-12-35)27-17-24(18-34-28(27)29(33)38)30(39)37-15-13-36(14-16-37)20-22-3-7-26(32)8-4-22/h1-8,17-18,23H,9-16,19-20H2,(H2,33,38). The quantitative estimate of drug-likeness (QED) is 0.475. The van der Waals surface area contributed by atoms with Gasteiger partial charge in [0.05, 0.1) is 5.56 Å². The molecule has 39 heavy (non-hydrogen) atoms. The Hall–Kier alpha value is -3.33. The number of aromatic nitrogens is 1. The highest BCUT2D eigenvalue weighted by Crippen LogP contribution is 2.31. The maximum Gasteiger partial charge on any atom is 0.267 e. The molecule has 0 bridgehead atoms. The van der Waals surface area contributed by atoms with Crippen LogP contribution in [-0.4, -0.2) is 70.8 Å². The minimum atomic E-state index is -0.568. The Bertz CT molecular complexity index is 1300. The lowest BCUT2D eigenvalue weighted by Gasteiger charge is -2.35. The van der Waals surface area contributed by atoms with Crippen LogP contribution in [0.15, 0.2) is 60.8 Å². The van der Waals surface area contributed by atoms with Crippen LogP contribution in [0.3, 0.4) is 0 Å². The van der Waals surface area contributed by atoms with Crippen molar-refractivity contribution in [2.75, 3.05) is 39.3 Å². The molecule has 2 aromatic carbocycles. The highest BCUT2D eigenvalue weighted by Gasteiger charge is 2.28. The highest BCUT2D eigenvalue weighted by atomic mass is 35.5. The molecule has 3 heterocycles. The van der Waals surface area contributed by atoms with E-state index in [-0.39, 0.29) is 23.3 Å². The second kappa shape index (κ2) is 12.2. The molecule has 2 aliphatic heterocycles. The van der Waals surface area contributed by atoms with Crippen LogP contribution >= 0.6 is 11.6 Å². The molecule has 1 aromatic heterocycles. The lowest BCUT2D eigenvalue weighted by Crippen LogP contribution is -2.48. The van der Waals surface area contributed by atoms with Gasteiger partial charge in [-0.05, 0) is 78.9 Å². The van der Waals surface area contributed by atoms with Gasteiger partial charge in [-0.2, -0.15) is 0 Å². The Morgan fingerprint density at radius 3 is 2.03 bits per heavy atom. The van der Waals surface area contributed by atoms with E-state index in [1.807, 2.05) is 35.2 Å². The van der Waals surface area contributed by atoms with E-state index in [0.29, 0.717) is 18.7 Å². The predicted molar refractivity (Wildman–Crippen MR) is 149 cm³/mol. The molecule has 0 saturated carbocycles. The van der Waals surface area contributed by atoms with Crippen LogP contribution in [0.25, 0.3) is 0 Å². The number of nitrogens with zero attached hydrogens (tertiary/aromatic N) is 4. The third-order valence-corrected chi connectivity index (χ3v) is 7.98. The van der Waals surface area contributed by atoms with Crippen molar-refractivity contribution in [2.45, 2.75) is 31.8 Å². The van der Waals surface area contributed by atoms with Gasteiger partial charge in [0.25, 0.3) is 11.8 Å². The number of pyridine rings is 1. The molecule has 5 rings (SSSR count). The van der Waals surface area contributed by atoms with E-state index in [4.69, 9.17) is 17.3 Å². The van der Waals surface area contributed by atoms with Gasteiger partial charge in [-0.15, -0.1) is 0 Å². The zero-order valence-electron chi connectivity index (χ0n) is 21.9. The first-order valence-corrected chi connectivity index (χ1v) is 13.8. The molecular formula is C30H33ClFN5O2. The first-order valence-electron chi connectivity index (χ1n) is 13.4. The van der Waals surface area contributed by atoms with Gasteiger partial charge in [0.15, 0.2) is 0 Å².